The third-order valence-electron chi connectivity index (χ3n) is 6.09. The van der Waals surface area contributed by atoms with E-state index in [0.29, 0.717) is 21.8 Å². The minimum absolute atomic E-state index is 0.118. The van der Waals surface area contributed by atoms with Crippen LogP contribution in [0.1, 0.15) is 23.6 Å². The first-order valence-corrected chi connectivity index (χ1v) is 12.4. The highest BCUT2D eigenvalue weighted by Crippen LogP contribution is 2.25. The van der Waals surface area contributed by atoms with Crippen LogP contribution >= 0.6 is 11.8 Å². The molecule has 0 saturated carbocycles. The highest BCUT2D eigenvalue weighted by molar-refractivity contribution is 7.99. The topological polar surface area (TPSA) is 81.3 Å². The fourth-order valence-electron chi connectivity index (χ4n) is 4.31. The van der Waals surface area contributed by atoms with Crippen molar-refractivity contribution < 1.29 is 4.79 Å². The quantitative estimate of drug-likeness (QED) is 0.346. The molecule has 0 saturated heterocycles. The van der Waals surface area contributed by atoms with Crippen molar-refractivity contribution in [2.75, 3.05) is 11.1 Å². The maximum Gasteiger partial charge on any atom is 0.267 e. The van der Waals surface area contributed by atoms with Crippen molar-refractivity contribution >= 4 is 40.0 Å². The third-order valence-corrected chi connectivity index (χ3v) is 7.02. The van der Waals surface area contributed by atoms with E-state index >= 15 is 0 Å². The molecular formula is C27H25N5O2S. The minimum atomic E-state index is -0.157. The van der Waals surface area contributed by atoms with Gasteiger partial charge >= 0.3 is 0 Å². The van der Waals surface area contributed by atoms with Crippen LogP contribution in [0.25, 0.3) is 22.4 Å². The van der Waals surface area contributed by atoms with E-state index in [1.807, 2.05) is 78.9 Å². The van der Waals surface area contributed by atoms with Crippen molar-refractivity contribution in [2.45, 2.75) is 32.3 Å². The number of fused-ring (bicyclic) bond motifs is 3. The number of aromatic nitrogens is 4. The van der Waals surface area contributed by atoms with Gasteiger partial charge < -0.3 is 5.32 Å². The van der Waals surface area contributed by atoms with Crippen LogP contribution in [0.2, 0.25) is 0 Å². The Morgan fingerprint density at radius 2 is 1.69 bits per heavy atom. The Morgan fingerprint density at radius 1 is 0.943 bits per heavy atom. The number of nitrogens with zero attached hydrogens (tertiary/aromatic N) is 4. The predicted molar refractivity (Wildman–Crippen MR) is 141 cm³/mol. The number of nitrogens with one attached hydrogen (secondary N) is 1. The van der Waals surface area contributed by atoms with Gasteiger partial charge in [-0.15, -0.1) is 10.2 Å². The molecule has 5 aromatic rings. The van der Waals surface area contributed by atoms with E-state index in [-0.39, 0.29) is 17.2 Å². The monoisotopic (exact) mass is 483 g/mol. The molecule has 0 aliphatic heterocycles. The molecule has 0 spiro atoms. The number of hydrogen-bond acceptors (Lipinski definition) is 5. The van der Waals surface area contributed by atoms with Gasteiger partial charge in [0, 0.05) is 5.69 Å². The van der Waals surface area contributed by atoms with Crippen molar-refractivity contribution in [1.82, 2.24) is 19.2 Å². The van der Waals surface area contributed by atoms with Gasteiger partial charge in [-0.05, 0) is 55.2 Å². The first-order chi connectivity index (χ1) is 17.0. The van der Waals surface area contributed by atoms with Crippen molar-refractivity contribution in [3.63, 3.8) is 0 Å². The molecule has 2 heterocycles. The third kappa shape index (κ3) is 4.10. The molecule has 7 nitrogen and oxygen atoms in total. The van der Waals surface area contributed by atoms with Crippen LogP contribution in [0.3, 0.4) is 0 Å². The van der Waals surface area contributed by atoms with E-state index in [1.54, 1.807) is 10.6 Å². The van der Waals surface area contributed by atoms with E-state index in [0.717, 1.165) is 34.5 Å². The Bertz CT molecular complexity index is 1640. The Balaban J connectivity index is 1.55. The van der Waals surface area contributed by atoms with Crippen LogP contribution < -0.4 is 10.9 Å². The molecule has 0 bridgehead atoms. The molecule has 0 fully saturated rings. The first-order valence-electron chi connectivity index (χ1n) is 11.5. The van der Waals surface area contributed by atoms with Crippen LogP contribution in [0.4, 0.5) is 5.69 Å². The molecule has 35 heavy (non-hydrogen) atoms. The number of benzene rings is 3. The zero-order chi connectivity index (χ0) is 24.5. The van der Waals surface area contributed by atoms with E-state index in [2.05, 4.69) is 22.4 Å². The SMILES string of the molecule is CCc1cccc(C)c1NC(=O)CSc1nnc2n(-c3ccccc3C)c(=O)c3ccccc3n12. The lowest BCUT2D eigenvalue weighted by Crippen LogP contribution is -2.22. The van der Waals surface area contributed by atoms with Gasteiger partial charge in [-0.3, -0.25) is 14.0 Å². The zero-order valence-electron chi connectivity index (χ0n) is 19.8. The van der Waals surface area contributed by atoms with Gasteiger partial charge in [-0.1, -0.05) is 67.2 Å². The molecular weight excluding hydrogens is 458 g/mol. The standard InChI is InChI=1S/C27H25N5O2S/c1-4-19-12-9-11-18(3)24(19)28-23(33)16-35-27-30-29-26-31(21-14-7-5-10-17(21)2)25(34)20-13-6-8-15-22(20)32(26)27/h5-15H,4,16H2,1-3H3,(H,28,33). The lowest BCUT2D eigenvalue weighted by molar-refractivity contribution is -0.113. The van der Waals surface area contributed by atoms with Gasteiger partial charge in [-0.25, -0.2) is 4.57 Å². The summed E-state index contributed by atoms with van der Waals surface area (Å²) in [6.07, 6.45) is 0.835. The molecule has 8 heteroatoms. The number of carbonyl (C=O) groups excluding carboxylic acids is 1. The van der Waals surface area contributed by atoms with Gasteiger partial charge in [-0.2, -0.15) is 0 Å². The predicted octanol–water partition coefficient (Wildman–Crippen LogP) is 4.94. The zero-order valence-corrected chi connectivity index (χ0v) is 20.6. The van der Waals surface area contributed by atoms with Crippen molar-refractivity contribution in [1.29, 1.82) is 0 Å². The number of hydrogen-bond donors (Lipinski definition) is 1. The molecule has 0 radical (unpaired) electrons. The molecule has 3 aromatic carbocycles. The summed E-state index contributed by atoms with van der Waals surface area (Å²) < 4.78 is 3.45. The van der Waals surface area contributed by atoms with Gasteiger partial charge in [0.1, 0.15) is 0 Å². The lowest BCUT2D eigenvalue weighted by atomic mass is 10.1. The summed E-state index contributed by atoms with van der Waals surface area (Å²) in [6.45, 7) is 6.02. The number of carbonyl (C=O) groups is 1. The molecule has 0 aliphatic carbocycles. The highest BCUT2D eigenvalue weighted by Gasteiger charge is 2.19. The molecule has 1 N–H and O–H groups in total. The fraction of sp³-hybridized carbons (Fsp3) is 0.185. The average Bonchev–Trinajstić information content (AvgIpc) is 3.29. The Hall–Kier alpha value is -3.91. The molecule has 5 rings (SSSR count). The summed E-state index contributed by atoms with van der Waals surface area (Å²) in [5.41, 5.74) is 5.25. The summed E-state index contributed by atoms with van der Waals surface area (Å²) >= 11 is 1.29. The number of amides is 1. The first kappa shape index (κ1) is 22.9. The summed E-state index contributed by atoms with van der Waals surface area (Å²) in [4.78, 5) is 26.3. The Labute approximate surface area is 206 Å². The van der Waals surface area contributed by atoms with E-state index < -0.39 is 0 Å². The fourth-order valence-corrected chi connectivity index (χ4v) is 5.05. The lowest BCUT2D eigenvalue weighted by Gasteiger charge is -2.14. The summed E-state index contributed by atoms with van der Waals surface area (Å²) in [6, 6.07) is 21.1. The molecule has 0 aliphatic rings. The maximum atomic E-state index is 13.5. The second kappa shape index (κ2) is 9.38. The largest absolute Gasteiger partial charge is 0.325 e. The number of para-hydroxylation sites is 3. The van der Waals surface area contributed by atoms with Gasteiger partial charge in [0.2, 0.25) is 11.7 Å². The maximum absolute atomic E-state index is 13.5. The van der Waals surface area contributed by atoms with E-state index in [4.69, 9.17) is 0 Å². The van der Waals surface area contributed by atoms with Gasteiger partial charge in [0.15, 0.2) is 5.16 Å². The molecule has 176 valence electrons. The molecule has 2 aromatic heterocycles. The number of thioether (sulfide) groups is 1. The van der Waals surface area contributed by atoms with Crippen LogP contribution in [-0.2, 0) is 11.2 Å². The molecule has 0 atom stereocenters. The average molecular weight is 484 g/mol. The van der Waals surface area contributed by atoms with Crippen LogP contribution in [0.5, 0.6) is 0 Å². The van der Waals surface area contributed by atoms with Gasteiger partial charge in [0.25, 0.3) is 5.56 Å². The van der Waals surface area contributed by atoms with Crippen LogP contribution in [0, 0.1) is 13.8 Å². The van der Waals surface area contributed by atoms with Crippen LogP contribution in [0.15, 0.2) is 76.7 Å². The Morgan fingerprint density at radius 3 is 2.49 bits per heavy atom. The smallest absolute Gasteiger partial charge is 0.267 e. The summed E-state index contributed by atoms with van der Waals surface area (Å²) in [5, 5.41) is 12.9. The Kier molecular flexibility index (Phi) is 6.13. The molecule has 0 unspecified atom stereocenters. The highest BCUT2D eigenvalue weighted by atomic mass is 32.2. The summed E-state index contributed by atoms with van der Waals surface area (Å²) in [5.74, 6) is 0.459. The van der Waals surface area contributed by atoms with E-state index in [9.17, 15) is 9.59 Å². The second-order valence-corrected chi connectivity index (χ2v) is 9.30. The van der Waals surface area contributed by atoms with Crippen LogP contribution in [-0.4, -0.2) is 30.8 Å². The van der Waals surface area contributed by atoms with E-state index in [1.165, 1.54) is 11.8 Å². The number of rotatable bonds is 6. The van der Waals surface area contributed by atoms with Crippen molar-refractivity contribution in [3.05, 3.63) is 93.8 Å². The van der Waals surface area contributed by atoms with Crippen molar-refractivity contribution in [2.24, 2.45) is 0 Å². The minimum Gasteiger partial charge on any atom is -0.325 e. The normalized spacial score (nSPS) is 11.3. The second-order valence-electron chi connectivity index (χ2n) is 8.36. The van der Waals surface area contributed by atoms with Gasteiger partial charge in [0.05, 0.1) is 22.3 Å². The summed E-state index contributed by atoms with van der Waals surface area (Å²) in [7, 11) is 0. The molecule has 1 amide bonds. The van der Waals surface area contributed by atoms with Crippen molar-refractivity contribution in [3.8, 4) is 5.69 Å². The number of anilines is 1. The number of aryl methyl sites for hydroxylation is 3.